The molecule has 2 unspecified atom stereocenters. The van der Waals surface area contributed by atoms with Gasteiger partial charge in [0.25, 0.3) is 0 Å². The van der Waals surface area contributed by atoms with Gasteiger partial charge in [-0.3, -0.25) is 0 Å². The summed E-state index contributed by atoms with van der Waals surface area (Å²) in [4.78, 5) is 0. The van der Waals surface area contributed by atoms with Crippen molar-refractivity contribution in [3.8, 4) is 5.75 Å². The summed E-state index contributed by atoms with van der Waals surface area (Å²) in [6.45, 7) is 7.19. The molecule has 0 bridgehead atoms. The average molecular weight is 239 g/mol. The molecule has 0 heterocycles. The molecule has 1 aromatic rings. The van der Waals surface area contributed by atoms with E-state index in [1.165, 1.54) is 7.11 Å². The first-order chi connectivity index (χ1) is 8.10. The normalized spacial score (nSPS) is 14.4. The molecule has 2 nitrogen and oxygen atoms in total. The van der Waals surface area contributed by atoms with E-state index in [-0.39, 0.29) is 11.7 Å². The van der Waals surface area contributed by atoms with Gasteiger partial charge in [-0.25, -0.2) is 4.39 Å². The van der Waals surface area contributed by atoms with E-state index in [2.05, 4.69) is 19.2 Å². The lowest BCUT2D eigenvalue weighted by Crippen LogP contribution is -2.27. The molecule has 0 aromatic heterocycles. The highest BCUT2D eigenvalue weighted by atomic mass is 19.1. The molecule has 1 aromatic carbocycles. The van der Waals surface area contributed by atoms with Gasteiger partial charge in [0.05, 0.1) is 7.11 Å². The molecule has 17 heavy (non-hydrogen) atoms. The van der Waals surface area contributed by atoms with Crippen molar-refractivity contribution >= 4 is 0 Å². The summed E-state index contributed by atoms with van der Waals surface area (Å²) < 4.78 is 19.0. The van der Waals surface area contributed by atoms with Gasteiger partial charge in [-0.15, -0.1) is 0 Å². The van der Waals surface area contributed by atoms with E-state index in [4.69, 9.17) is 4.74 Å². The maximum absolute atomic E-state index is 14.0. The molecule has 0 aliphatic heterocycles. The van der Waals surface area contributed by atoms with Gasteiger partial charge in [0.1, 0.15) is 0 Å². The van der Waals surface area contributed by atoms with Crippen LogP contribution in [0.5, 0.6) is 5.75 Å². The smallest absolute Gasteiger partial charge is 0.168 e. The molecule has 0 amide bonds. The molecule has 0 fully saturated rings. The summed E-state index contributed by atoms with van der Waals surface area (Å²) in [5.41, 5.74) is 0.731. The van der Waals surface area contributed by atoms with E-state index in [9.17, 15) is 4.39 Å². The first kappa shape index (κ1) is 14.0. The second-order valence-electron chi connectivity index (χ2n) is 4.46. The van der Waals surface area contributed by atoms with Gasteiger partial charge in [-0.2, -0.15) is 0 Å². The maximum atomic E-state index is 14.0. The molecule has 1 rings (SSSR count). The first-order valence-corrected chi connectivity index (χ1v) is 6.15. The number of methoxy groups -OCH3 is 1. The summed E-state index contributed by atoms with van der Waals surface area (Å²) in [5, 5.41) is 3.34. The molecular formula is C14H22FNO. The second kappa shape index (κ2) is 6.60. The Labute approximate surface area is 103 Å². The first-order valence-electron chi connectivity index (χ1n) is 6.15. The number of halogens is 1. The van der Waals surface area contributed by atoms with Crippen LogP contribution < -0.4 is 10.1 Å². The lowest BCUT2D eigenvalue weighted by Gasteiger charge is -2.19. The van der Waals surface area contributed by atoms with Gasteiger partial charge < -0.3 is 10.1 Å². The highest BCUT2D eigenvalue weighted by Gasteiger charge is 2.16. The fourth-order valence-electron chi connectivity index (χ4n) is 2.16. The van der Waals surface area contributed by atoms with Gasteiger partial charge >= 0.3 is 0 Å². The van der Waals surface area contributed by atoms with E-state index in [0.29, 0.717) is 11.8 Å². The standard InChI is InChI=1S/C14H22FNO/c1-5-16-11(3)9-10(2)12-7-6-8-13(17-4)14(12)15/h6-8,10-11,16H,5,9H2,1-4H3. The molecule has 0 aliphatic carbocycles. The van der Waals surface area contributed by atoms with Crippen LogP contribution in [0.15, 0.2) is 18.2 Å². The lowest BCUT2D eigenvalue weighted by atomic mass is 9.94. The molecular weight excluding hydrogens is 217 g/mol. The minimum Gasteiger partial charge on any atom is -0.494 e. The average Bonchev–Trinajstić information content (AvgIpc) is 2.29. The van der Waals surface area contributed by atoms with Crippen LogP contribution >= 0.6 is 0 Å². The zero-order valence-corrected chi connectivity index (χ0v) is 11.1. The quantitative estimate of drug-likeness (QED) is 0.822. The Morgan fingerprint density at radius 3 is 2.65 bits per heavy atom. The third kappa shape index (κ3) is 3.70. The fourth-order valence-corrected chi connectivity index (χ4v) is 2.16. The monoisotopic (exact) mass is 239 g/mol. The molecule has 96 valence electrons. The van der Waals surface area contributed by atoms with E-state index >= 15 is 0 Å². The Bertz CT molecular complexity index is 354. The minimum atomic E-state index is -0.230. The third-order valence-corrected chi connectivity index (χ3v) is 3.00. The molecule has 0 radical (unpaired) electrons. The van der Waals surface area contributed by atoms with Crippen LogP contribution in [0.25, 0.3) is 0 Å². The minimum absolute atomic E-state index is 0.180. The van der Waals surface area contributed by atoms with Crippen molar-refractivity contribution in [3.05, 3.63) is 29.6 Å². The molecule has 2 atom stereocenters. The number of hydrogen-bond acceptors (Lipinski definition) is 2. The largest absolute Gasteiger partial charge is 0.494 e. The molecule has 0 saturated carbocycles. The highest BCUT2D eigenvalue weighted by molar-refractivity contribution is 5.33. The number of ether oxygens (including phenoxy) is 1. The van der Waals surface area contributed by atoms with Crippen LogP contribution in [0.3, 0.4) is 0 Å². The zero-order chi connectivity index (χ0) is 12.8. The molecule has 0 saturated heterocycles. The van der Waals surface area contributed by atoms with Gasteiger partial charge in [-0.05, 0) is 37.4 Å². The van der Waals surface area contributed by atoms with Crippen LogP contribution in [0, 0.1) is 5.82 Å². The van der Waals surface area contributed by atoms with E-state index in [1.54, 1.807) is 6.07 Å². The third-order valence-electron chi connectivity index (χ3n) is 3.00. The Morgan fingerprint density at radius 1 is 1.35 bits per heavy atom. The van der Waals surface area contributed by atoms with Crippen LogP contribution in [-0.2, 0) is 0 Å². The summed E-state index contributed by atoms with van der Waals surface area (Å²) >= 11 is 0. The Morgan fingerprint density at radius 2 is 2.06 bits per heavy atom. The summed E-state index contributed by atoms with van der Waals surface area (Å²) in [5.74, 6) is 0.274. The number of nitrogens with one attached hydrogen (secondary N) is 1. The molecule has 0 aliphatic rings. The Hall–Kier alpha value is -1.09. The highest BCUT2D eigenvalue weighted by Crippen LogP contribution is 2.28. The van der Waals surface area contributed by atoms with Crippen LogP contribution in [0.2, 0.25) is 0 Å². The molecule has 3 heteroatoms. The van der Waals surface area contributed by atoms with Gasteiger partial charge in [0.15, 0.2) is 11.6 Å². The number of hydrogen-bond donors (Lipinski definition) is 1. The number of rotatable bonds is 6. The molecule has 1 N–H and O–H groups in total. The van der Waals surface area contributed by atoms with Gasteiger partial charge in [-0.1, -0.05) is 26.0 Å². The Balaban J connectivity index is 2.78. The van der Waals surface area contributed by atoms with Crippen molar-refractivity contribution in [1.29, 1.82) is 0 Å². The molecule has 0 spiro atoms. The SMILES string of the molecule is CCNC(C)CC(C)c1cccc(OC)c1F. The maximum Gasteiger partial charge on any atom is 0.168 e. The van der Waals surface area contributed by atoms with Crippen LogP contribution in [-0.4, -0.2) is 19.7 Å². The Kier molecular flexibility index (Phi) is 5.42. The topological polar surface area (TPSA) is 21.3 Å². The van der Waals surface area contributed by atoms with Gasteiger partial charge in [0, 0.05) is 6.04 Å². The van der Waals surface area contributed by atoms with Crippen molar-refractivity contribution < 1.29 is 9.13 Å². The second-order valence-corrected chi connectivity index (χ2v) is 4.46. The predicted octanol–water partition coefficient (Wildman–Crippen LogP) is 3.33. The van der Waals surface area contributed by atoms with Crippen molar-refractivity contribution in [2.45, 2.75) is 39.2 Å². The van der Waals surface area contributed by atoms with Gasteiger partial charge in [0.2, 0.25) is 0 Å². The van der Waals surface area contributed by atoms with Crippen molar-refractivity contribution in [1.82, 2.24) is 5.32 Å². The van der Waals surface area contributed by atoms with E-state index in [0.717, 1.165) is 18.5 Å². The number of benzene rings is 1. The summed E-state index contributed by atoms with van der Waals surface area (Å²) in [7, 11) is 1.49. The zero-order valence-electron chi connectivity index (χ0n) is 11.1. The summed E-state index contributed by atoms with van der Waals surface area (Å²) in [6.07, 6.45) is 0.915. The fraction of sp³-hybridized carbons (Fsp3) is 0.571. The van der Waals surface area contributed by atoms with E-state index < -0.39 is 0 Å². The van der Waals surface area contributed by atoms with E-state index in [1.807, 2.05) is 19.1 Å². The lowest BCUT2D eigenvalue weighted by molar-refractivity contribution is 0.380. The van der Waals surface area contributed by atoms with Crippen LogP contribution in [0.1, 0.15) is 38.7 Å². The predicted molar refractivity (Wildman–Crippen MR) is 69.1 cm³/mol. The van der Waals surface area contributed by atoms with Crippen molar-refractivity contribution in [2.75, 3.05) is 13.7 Å². The van der Waals surface area contributed by atoms with Crippen molar-refractivity contribution in [2.24, 2.45) is 0 Å². The summed E-state index contributed by atoms with van der Waals surface area (Å²) in [6, 6.07) is 5.71. The van der Waals surface area contributed by atoms with Crippen molar-refractivity contribution in [3.63, 3.8) is 0 Å². The van der Waals surface area contributed by atoms with Crippen LogP contribution in [0.4, 0.5) is 4.39 Å².